The number of aromatic nitrogens is 1. The van der Waals surface area contributed by atoms with Crippen LogP contribution in [-0.2, 0) is 11.2 Å². The van der Waals surface area contributed by atoms with Gasteiger partial charge in [-0.3, -0.25) is 10.1 Å². The second kappa shape index (κ2) is 6.34. The summed E-state index contributed by atoms with van der Waals surface area (Å²) in [5.74, 6) is -0.724. The number of methoxy groups -OCH3 is 1. The van der Waals surface area contributed by atoms with Gasteiger partial charge in [-0.15, -0.1) is 0 Å². The minimum absolute atomic E-state index is 0.0294. The van der Waals surface area contributed by atoms with Crippen molar-refractivity contribution in [2.45, 2.75) is 20.3 Å². The van der Waals surface area contributed by atoms with E-state index in [1.807, 2.05) is 13.0 Å². The SMILES string of the molecule is CCc1nc(-c2ccccc2)c([N+](=O)[O-])c(C(=O)OC)c1C. The molecule has 2 aromatic rings. The van der Waals surface area contributed by atoms with Gasteiger partial charge in [-0.2, -0.15) is 0 Å². The van der Waals surface area contributed by atoms with Crippen LogP contribution in [0.2, 0.25) is 0 Å². The molecule has 0 fully saturated rings. The smallest absolute Gasteiger partial charge is 0.345 e. The zero-order chi connectivity index (χ0) is 16.3. The van der Waals surface area contributed by atoms with Crippen molar-refractivity contribution < 1.29 is 14.5 Å². The summed E-state index contributed by atoms with van der Waals surface area (Å²) in [5, 5.41) is 11.5. The fraction of sp³-hybridized carbons (Fsp3) is 0.250. The Kier molecular flexibility index (Phi) is 4.50. The lowest BCUT2D eigenvalue weighted by Gasteiger charge is -2.12. The maximum Gasteiger partial charge on any atom is 0.345 e. The highest BCUT2D eigenvalue weighted by Crippen LogP contribution is 2.35. The molecule has 114 valence electrons. The van der Waals surface area contributed by atoms with Crippen LogP contribution in [0.3, 0.4) is 0 Å². The predicted molar refractivity (Wildman–Crippen MR) is 81.8 cm³/mol. The van der Waals surface area contributed by atoms with Crippen LogP contribution >= 0.6 is 0 Å². The monoisotopic (exact) mass is 300 g/mol. The Labute approximate surface area is 127 Å². The van der Waals surface area contributed by atoms with E-state index in [0.29, 0.717) is 23.2 Å². The average molecular weight is 300 g/mol. The zero-order valence-electron chi connectivity index (χ0n) is 12.6. The molecule has 0 aliphatic carbocycles. The van der Waals surface area contributed by atoms with Gasteiger partial charge in [0.25, 0.3) is 0 Å². The topological polar surface area (TPSA) is 82.3 Å². The van der Waals surface area contributed by atoms with E-state index in [4.69, 9.17) is 4.74 Å². The molecule has 0 spiro atoms. The van der Waals surface area contributed by atoms with Gasteiger partial charge in [-0.05, 0) is 18.9 Å². The Hall–Kier alpha value is -2.76. The molecule has 6 nitrogen and oxygen atoms in total. The lowest BCUT2D eigenvalue weighted by atomic mass is 9.99. The number of esters is 1. The number of aryl methyl sites for hydroxylation is 1. The Morgan fingerprint density at radius 3 is 2.45 bits per heavy atom. The molecule has 0 aliphatic heterocycles. The molecule has 2 rings (SSSR count). The van der Waals surface area contributed by atoms with Gasteiger partial charge in [0, 0.05) is 11.3 Å². The third-order valence-corrected chi connectivity index (χ3v) is 3.47. The predicted octanol–water partition coefficient (Wildman–Crippen LogP) is 3.31. The molecule has 1 aromatic carbocycles. The van der Waals surface area contributed by atoms with Crippen LogP contribution in [0.1, 0.15) is 28.5 Å². The van der Waals surface area contributed by atoms with Gasteiger partial charge in [0.05, 0.1) is 12.0 Å². The van der Waals surface area contributed by atoms with E-state index in [2.05, 4.69) is 4.98 Å². The van der Waals surface area contributed by atoms with Crippen LogP contribution in [0.15, 0.2) is 30.3 Å². The van der Waals surface area contributed by atoms with Crippen LogP contribution in [0, 0.1) is 17.0 Å². The molecule has 0 amide bonds. The van der Waals surface area contributed by atoms with Crippen LogP contribution < -0.4 is 0 Å². The summed E-state index contributed by atoms with van der Waals surface area (Å²) >= 11 is 0. The fourth-order valence-corrected chi connectivity index (χ4v) is 2.38. The third-order valence-electron chi connectivity index (χ3n) is 3.47. The van der Waals surface area contributed by atoms with E-state index in [1.165, 1.54) is 7.11 Å². The van der Waals surface area contributed by atoms with E-state index < -0.39 is 10.9 Å². The molecular weight excluding hydrogens is 284 g/mol. The highest BCUT2D eigenvalue weighted by Gasteiger charge is 2.31. The molecule has 1 heterocycles. The number of hydrogen-bond donors (Lipinski definition) is 0. The maximum absolute atomic E-state index is 12.1. The third kappa shape index (κ3) is 2.67. The number of benzene rings is 1. The first-order valence-corrected chi connectivity index (χ1v) is 6.82. The Morgan fingerprint density at radius 1 is 1.32 bits per heavy atom. The molecule has 0 N–H and O–H groups in total. The van der Waals surface area contributed by atoms with Crippen molar-refractivity contribution >= 4 is 11.7 Å². The molecule has 0 bridgehead atoms. The molecule has 0 aliphatic rings. The summed E-state index contributed by atoms with van der Waals surface area (Å²) in [6, 6.07) is 8.80. The number of nitrogens with zero attached hydrogens (tertiary/aromatic N) is 2. The fourth-order valence-electron chi connectivity index (χ4n) is 2.38. The van der Waals surface area contributed by atoms with Crippen LogP contribution in [0.5, 0.6) is 0 Å². The quantitative estimate of drug-likeness (QED) is 0.491. The minimum Gasteiger partial charge on any atom is -0.465 e. The number of rotatable bonds is 4. The maximum atomic E-state index is 12.1. The van der Waals surface area contributed by atoms with Gasteiger partial charge in [0.1, 0.15) is 11.3 Å². The van der Waals surface area contributed by atoms with E-state index in [-0.39, 0.29) is 16.9 Å². The van der Waals surface area contributed by atoms with Crippen LogP contribution in [0.25, 0.3) is 11.3 Å². The second-order valence-electron chi connectivity index (χ2n) is 4.72. The van der Waals surface area contributed by atoms with Gasteiger partial charge in [0.15, 0.2) is 0 Å². The summed E-state index contributed by atoms with van der Waals surface area (Å²) < 4.78 is 4.73. The Bertz CT molecular complexity index is 727. The van der Waals surface area contributed by atoms with Crippen molar-refractivity contribution in [1.82, 2.24) is 4.98 Å². The van der Waals surface area contributed by atoms with Crippen molar-refractivity contribution in [3.05, 3.63) is 57.3 Å². The van der Waals surface area contributed by atoms with Gasteiger partial charge >= 0.3 is 11.7 Å². The highest BCUT2D eigenvalue weighted by molar-refractivity contribution is 5.98. The normalized spacial score (nSPS) is 10.3. The number of carbonyl (C=O) groups excluding carboxylic acids is 1. The molecule has 1 aromatic heterocycles. The molecule has 0 radical (unpaired) electrons. The van der Waals surface area contributed by atoms with Crippen molar-refractivity contribution in [2.24, 2.45) is 0 Å². The second-order valence-corrected chi connectivity index (χ2v) is 4.72. The largest absolute Gasteiger partial charge is 0.465 e. The zero-order valence-corrected chi connectivity index (χ0v) is 12.6. The van der Waals surface area contributed by atoms with Crippen molar-refractivity contribution in [3.8, 4) is 11.3 Å². The minimum atomic E-state index is -0.724. The first-order chi connectivity index (χ1) is 10.5. The summed E-state index contributed by atoms with van der Waals surface area (Å²) in [7, 11) is 1.21. The van der Waals surface area contributed by atoms with Gasteiger partial charge in [-0.1, -0.05) is 37.3 Å². The van der Waals surface area contributed by atoms with Crippen LogP contribution in [-0.4, -0.2) is 23.0 Å². The number of pyridine rings is 1. The molecule has 0 unspecified atom stereocenters. The average Bonchev–Trinajstić information content (AvgIpc) is 2.54. The number of hydrogen-bond acceptors (Lipinski definition) is 5. The number of ether oxygens (including phenoxy) is 1. The first-order valence-electron chi connectivity index (χ1n) is 6.82. The summed E-state index contributed by atoms with van der Waals surface area (Å²) in [6.07, 6.45) is 0.563. The van der Waals surface area contributed by atoms with E-state index in [0.717, 1.165) is 0 Å². The molecular formula is C16H16N2O4. The summed E-state index contributed by atoms with van der Waals surface area (Å²) in [6.45, 7) is 3.54. The van der Waals surface area contributed by atoms with Gasteiger partial charge in [-0.25, -0.2) is 9.78 Å². The van der Waals surface area contributed by atoms with Gasteiger partial charge in [0.2, 0.25) is 0 Å². The Balaban J connectivity index is 2.88. The molecule has 0 atom stereocenters. The van der Waals surface area contributed by atoms with E-state index in [9.17, 15) is 14.9 Å². The highest BCUT2D eigenvalue weighted by atomic mass is 16.6. The van der Waals surface area contributed by atoms with E-state index >= 15 is 0 Å². The lowest BCUT2D eigenvalue weighted by molar-refractivity contribution is -0.384. The van der Waals surface area contributed by atoms with Crippen LogP contribution in [0.4, 0.5) is 5.69 Å². The molecule has 6 heteroatoms. The van der Waals surface area contributed by atoms with Crippen molar-refractivity contribution in [3.63, 3.8) is 0 Å². The molecule has 0 saturated carbocycles. The Morgan fingerprint density at radius 2 is 1.95 bits per heavy atom. The number of carbonyl (C=O) groups is 1. The molecule has 0 saturated heterocycles. The van der Waals surface area contributed by atoms with E-state index in [1.54, 1.807) is 31.2 Å². The molecule has 22 heavy (non-hydrogen) atoms. The van der Waals surface area contributed by atoms with Crippen molar-refractivity contribution in [1.29, 1.82) is 0 Å². The standard InChI is InChI=1S/C16H16N2O4/c1-4-12-10(2)13(16(19)22-3)15(18(20)21)14(17-12)11-8-6-5-7-9-11/h5-9H,4H2,1-3H3. The lowest BCUT2D eigenvalue weighted by Crippen LogP contribution is -2.13. The summed E-state index contributed by atoms with van der Waals surface area (Å²) in [5.41, 5.74) is 1.57. The first kappa shape index (κ1) is 15.6. The van der Waals surface area contributed by atoms with Gasteiger partial charge < -0.3 is 4.74 Å². The summed E-state index contributed by atoms with van der Waals surface area (Å²) in [4.78, 5) is 27.4. The number of nitro groups is 1. The van der Waals surface area contributed by atoms with Crippen molar-refractivity contribution in [2.75, 3.05) is 7.11 Å².